The number of aromatic nitrogens is 2. The molecule has 0 aliphatic carbocycles. The van der Waals surface area contributed by atoms with Gasteiger partial charge < -0.3 is 19.3 Å². The van der Waals surface area contributed by atoms with Crippen LogP contribution in [0, 0.1) is 0 Å². The van der Waals surface area contributed by atoms with Crippen molar-refractivity contribution in [3.05, 3.63) is 53.9 Å². The molecule has 198 valence electrons. The molecule has 37 heavy (non-hydrogen) atoms. The number of benzene rings is 2. The average Bonchev–Trinajstić information content (AvgIpc) is 3.33. The Morgan fingerprint density at radius 2 is 1.76 bits per heavy atom. The van der Waals surface area contributed by atoms with Gasteiger partial charge in [-0.25, -0.2) is 8.42 Å². The number of sulfonamides is 1. The van der Waals surface area contributed by atoms with Gasteiger partial charge in [0.2, 0.25) is 27.6 Å². The van der Waals surface area contributed by atoms with Crippen LogP contribution in [0.4, 0.5) is 5.69 Å². The van der Waals surface area contributed by atoms with Crippen molar-refractivity contribution < 1.29 is 27.2 Å². The van der Waals surface area contributed by atoms with Gasteiger partial charge in [0, 0.05) is 24.6 Å². The maximum Gasteiger partial charge on any atom is 0.246 e. The standard InChI is InChI=1S/C26H32N4O6S/c1-26(2,3)19-9-7-18(8-10-19)25-28-24(36-29-25)17-27-23(31)6-5-13-30(37(4,32)33)20-11-12-21-22(16-20)35-15-14-34-21/h7-12,16H,5-6,13-15,17H2,1-4H3,(H,27,31). The Morgan fingerprint density at radius 3 is 2.43 bits per heavy atom. The molecule has 10 nitrogen and oxygen atoms in total. The molecule has 1 aliphatic heterocycles. The minimum Gasteiger partial charge on any atom is -0.486 e. The van der Waals surface area contributed by atoms with Crippen molar-refractivity contribution in [3.8, 4) is 22.9 Å². The summed E-state index contributed by atoms with van der Waals surface area (Å²) in [6.45, 7) is 7.52. The normalized spacial score (nSPS) is 13.3. The molecule has 1 aromatic heterocycles. The van der Waals surface area contributed by atoms with E-state index in [-0.39, 0.29) is 36.7 Å². The predicted octanol–water partition coefficient (Wildman–Crippen LogP) is 3.67. The topological polar surface area (TPSA) is 124 Å². The molecule has 0 fully saturated rings. The van der Waals surface area contributed by atoms with Gasteiger partial charge in [-0.1, -0.05) is 50.2 Å². The highest BCUT2D eigenvalue weighted by atomic mass is 32.2. The van der Waals surface area contributed by atoms with Crippen LogP contribution in [-0.4, -0.2) is 50.5 Å². The van der Waals surface area contributed by atoms with Crippen LogP contribution in [0.5, 0.6) is 11.5 Å². The molecule has 0 radical (unpaired) electrons. The summed E-state index contributed by atoms with van der Waals surface area (Å²) >= 11 is 0. The minimum atomic E-state index is -3.56. The van der Waals surface area contributed by atoms with Gasteiger partial charge in [0.15, 0.2) is 11.5 Å². The van der Waals surface area contributed by atoms with Crippen molar-refractivity contribution in [1.29, 1.82) is 0 Å². The number of anilines is 1. The van der Waals surface area contributed by atoms with Crippen molar-refractivity contribution in [2.45, 2.75) is 45.6 Å². The molecule has 0 saturated carbocycles. The van der Waals surface area contributed by atoms with E-state index in [1.807, 2.05) is 24.3 Å². The van der Waals surface area contributed by atoms with Crippen molar-refractivity contribution in [3.63, 3.8) is 0 Å². The highest BCUT2D eigenvalue weighted by Gasteiger charge is 2.21. The third-order valence-corrected chi connectivity index (χ3v) is 7.09. The number of nitrogens with zero attached hydrogens (tertiary/aromatic N) is 3. The van der Waals surface area contributed by atoms with Crippen LogP contribution in [0.3, 0.4) is 0 Å². The molecule has 0 bridgehead atoms. The highest BCUT2D eigenvalue weighted by molar-refractivity contribution is 7.92. The van der Waals surface area contributed by atoms with Crippen LogP contribution >= 0.6 is 0 Å². The van der Waals surface area contributed by atoms with Crippen LogP contribution in [-0.2, 0) is 26.8 Å². The quantitative estimate of drug-likeness (QED) is 0.446. The van der Waals surface area contributed by atoms with Crippen molar-refractivity contribution in [2.75, 3.05) is 30.3 Å². The van der Waals surface area contributed by atoms with E-state index >= 15 is 0 Å². The molecule has 0 atom stereocenters. The number of carbonyl (C=O) groups is 1. The lowest BCUT2D eigenvalue weighted by molar-refractivity contribution is -0.121. The molecule has 11 heteroatoms. The number of hydrogen-bond acceptors (Lipinski definition) is 8. The molecule has 4 rings (SSSR count). The van der Waals surface area contributed by atoms with Crippen LogP contribution in [0.1, 0.15) is 45.1 Å². The zero-order chi connectivity index (χ0) is 26.6. The van der Waals surface area contributed by atoms with E-state index in [1.54, 1.807) is 18.2 Å². The fraction of sp³-hybridized carbons (Fsp3) is 0.423. The minimum absolute atomic E-state index is 0.0491. The average molecular weight is 529 g/mol. The van der Waals surface area contributed by atoms with Gasteiger partial charge in [0.05, 0.1) is 18.5 Å². The zero-order valence-electron chi connectivity index (χ0n) is 21.5. The summed E-state index contributed by atoms with van der Waals surface area (Å²) in [5.74, 6) is 1.57. The van der Waals surface area contributed by atoms with Gasteiger partial charge in [-0.3, -0.25) is 9.10 Å². The number of ether oxygens (including phenoxy) is 2. The maximum absolute atomic E-state index is 12.4. The smallest absolute Gasteiger partial charge is 0.246 e. The Labute approximate surface area is 217 Å². The fourth-order valence-electron chi connectivity index (χ4n) is 3.88. The van der Waals surface area contributed by atoms with E-state index in [9.17, 15) is 13.2 Å². The molecule has 0 spiro atoms. The second-order valence-corrected chi connectivity index (χ2v) is 11.8. The summed E-state index contributed by atoms with van der Waals surface area (Å²) in [5, 5.41) is 6.75. The van der Waals surface area contributed by atoms with Gasteiger partial charge in [0.25, 0.3) is 0 Å². The first-order chi connectivity index (χ1) is 17.5. The number of carbonyl (C=O) groups excluding carboxylic acids is 1. The fourth-order valence-corrected chi connectivity index (χ4v) is 4.84. The highest BCUT2D eigenvalue weighted by Crippen LogP contribution is 2.34. The van der Waals surface area contributed by atoms with Crippen molar-refractivity contribution in [2.24, 2.45) is 0 Å². The van der Waals surface area contributed by atoms with Crippen LogP contribution in [0.2, 0.25) is 0 Å². The summed E-state index contributed by atoms with van der Waals surface area (Å²) in [6.07, 6.45) is 1.59. The van der Waals surface area contributed by atoms with Gasteiger partial charge in [0.1, 0.15) is 13.2 Å². The first-order valence-electron chi connectivity index (χ1n) is 12.1. The molecule has 1 N–H and O–H groups in total. The number of rotatable bonds is 9. The van der Waals surface area contributed by atoms with Gasteiger partial charge in [-0.2, -0.15) is 4.98 Å². The Balaban J connectivity index is 1.29. The summed E-state index contributed by atoms with van der Waals surface area (Å²) in [5.41, 5.74) is 2.54. The SMILES string of the molecule is CC(C)(C)c1ccc(-c2noc(CNC(=O)CCCN(c3ccc4c(c3)OCCO4)S(C)(=O)=O)n2)cc1. The molecule has 2 heterocycles. The number of fused-ring (bicyclic) bond motifs is 1. The molecule has 3 aromatic rings. The van der Waals surface area contributed by atoms with E-state index in [1.165, 1.54) is 9.87 Å². The van der Waals surface area contributed by atoms with Gasteiger partial charge >= 0.3 is 0 Å². The summed E-state index contributed by atoms with van der Waals surface area (Å²) in [6, 6.07) is 13.0. The lowest BCUT2D eigenvalue weighted by atomic mass is 9.87. The van der Waals surface area contributed by atoms with Crippen LogP contribution < -0.4 is 19.1 Å². The predicted molar refractivity (Wildman–Crippen MR) is 139 cm³/mol. The number of amides is 1. The molecule has 1 amide bonds. The Hall–Kier alpha value is -3.60. The van der Waals surface area contributed by atoms with E-state index in [0.717, 1.165) is 11.8 Å². The third kappa shape index (κ3) is 6.79. The number of hydrogen-bond donors (Lipinski definition) is 1. The second-order valence-electron chi connectivity index (χ2n) is 9.88. The van der Waals surface area contributed by atoms with Crippen molar-refractivity contribution >= 4 is 21.6 Å². The number of nitrogens with one attached hydrogen (secondary N) is 1. The van der Waals surface area contributed by atoms with E-state index in [0.29, 0.717) is 42.6 Å². The van der Waals surface area contributed by atoms with Crippen molar-refractivity contribution in [1.82, 2.24) is 15.5 Å². The molecule has 0 unspecified atom stereocenters. The second kappa shape index (κ2) is 10.8. The van der Waals surface area contributed by atoms with Gasteiger partial charge in [-0.05, 0) is 29.5 Å². The van der Waals surface area contributed by atoms with Crippen LogP contribution in [0.25, 0.3) is 11.4 Å². The summed E-state index contributed by atoms with van der Waals surface area (Å²) in [7, 11) is -3.56. The first kappa shape index (κ1) is 26.5. The molecule has 0 saturated heterocycles. The maximum atomic E-state index is 12.4. The Morgan fingerprint density at radius 1 is 1.05 bits per heavy atom. The lowest BCUT2D eigenvalue weighted by Crippen LogP contribution is -2.32. The molecular formula is C26H32N4O6S. The molecule has 2 aromatic carbocycles. The monoisotopic (exact) mass is 528 g/mol. The Bertz CT molecular complexity index is 1350. The Kier molecular flexibility index (Phi) is 7.72. The van der Waals surface area contributed by atoms with Crippen LogP contribution in [0.15, 0.2) is 47.0 Å². The zero-order valence-corrected chi connectivity index (χ0v) is 22.3. The summed E-state index contributed by atoms with van der Waals surface area (Å²) < 4.78 is 42.4. The summed E-state index contributed by atoms with van der Waals surface area (Å²) in [4.78, 5) is 16.7. The van der Waals surface area contributed by atoms with Gasteiger partial charge in [-0.15, -0.1) is 0 Å². The first-order valence-corrected chi connectivity index (χ1v) is 13.9. The third-order valence-electron chi connectivity index (χ3n) is 5.89. The largest absolute Gasteiger partial charge is 0.486 e. The molecular weight excluding hydrogens is 496 g/mol. The van der Waals surface area contributed by atoms with E-state index in [4.69, 9.17) is 14.0 Å². The molecule has 1 aliphatic rings. The van der Waals surface area contributed by atoms with E-state index in [2.05, 4.69) is 36.2 Å². The van der Waals surface area contributed by atoms with E-state index < -0.39 is 10.0 Å². The lowest BCUT2D eigenvalue weighted by Gasteiger charge is -2.25.